The molecule has 0 saturated heterocycles. The van der Waals surface area contributed by atoms with Crippen molar-refractivity contribution in [3.63, 3.8) is 0 Å². The summed E-state index contributed by atoms with van der Waals surface area (Å²) in [5, 5.41) is 3.44. The van der Waals surface area contributed by atoms with Crippen LogP contribution in [0.25, 0.3) is 0 Å². The van der Waals surface area contributed by atoms with Crippen LogP contribution in [0, 0.1) is 0 Å². The maximum Gasteiger partial charge on any atom is 0.119 e. The van der Waals surface area contributed by atoms with Crippen molar-refractivity contribution in [2.45, 2.75) is 52.0 Å². The Balaban J connectivity index is 2.02. The molecule has 0 heterocycles. The summed E-state index contributed by atoms with van der Waals surface area (Å²) >= 11 is 0. The van der Waals surface area contributed by atoms with Crippen molar-refractivity contribution in [2.24, 2.45) is 0 Å². The SMILES string of the molecule is COCCc1ccc(OCCCCCCNC(C)C)cc1. The largest absolute Gasteiger partial charge is 0.494 e. The number of methoxy groups -OCH3 is 1. The Morgan fingerprint density at radius 3 is 2.33 bits per heavy atom. The number of ether oxygens (including phenoxy) is 2. The second kappa shape index (κ2) is 11.6. The molecule has 0 aliphatic heterocycles. The van der Waals surface area contributed by atoms with Gasteiger partial charge in [-0.25, -0.2) is 0 Å². The predicted molar refractivity (Wildman–Crippen MR) is 89.1 cm³/mol. The van der Waals surface area contributed by atoms with Crippen molar-refractivity contribution in [1.29, 1.82) is 0 Å². The van der Waals surface area contributed by atoms with E-state index in [1.54, 1.807) is 7.11 Å². The monoisotopic (exact) mass is 293 g/mol. The minimum atomic E-state index is 0.597. The van der Waals surface area contributed by atoms with Crippen molar-refractivity contribution in [2.75, 3.05) is 26.9 Å². The Bertz CT molecular complexity index is 349. The predicted octanol–water partition coefficient (Wildman–Crippen LogP) is 3.81. The van der Waals surface area contributed by atoms with E-state index in [9.17, 15) is 0 Å². The van der Waals surface area contributed by atoms with Crippen molar-refractivity contribution in [3.05, 3.63) is 29.8 Å². The summed E-state index contributed by atoms with van der Waals surface area (Å²) < 4.78 is 10.8. The maximum absolute atomic E-state index is 5.76. The lowest BCUT2D eigenvalue weighted by Gasteiger charge is -2.08. The van der Waals surface area contributed by atoms with Crippen LogP contribution in [0.4, 0.5) is 0 Å². The molecule has 0 aliphatic carbocycles. The lowest BCUT2D eigenvalue weighted by molar-refractivity contribution is 0.202. The zero-order chi connectivity index (χ0) is 15.3. The van der Waals surface area contributed by atoms with Crippen LogP contribution in [-0.2, 0) is 11.2 Å². The molecule has 1 N–H and O–H groups in total. The Kier molecular flexibility index (Phi) is 9.92. The lowest BCUT2D eigenvalue weighted by Crippen LogP contribution is -2.23. The van der Waals surface area contributed by atoms with Gasteiger partial charge in [-0.05, 0) is 43.5 Å². The number of nitrogens with one attached hydrogen (secondary N) is 1. The first-order valence-electron chi connectivity index (χ1n) is 8.16. The van der Waals surface area contributed by atoms with Crippen LogP contribution < -0.4 is 10.1 Å². The molecular formula is C18H31NO2. The summed E-state index contributed by atoms with van der Waals surface area (Å²) in [4.78, 5) is 0. The Morgan fingerprint density at radius 1 is 0.952 bits per heavy atom. The standard InChI is InChI=1S/C18H31NO2/c1-16(2)19-13-6-4-5-7-14-21-18-10-8-17(9-11-18)12-15-20-3/h8-11,16,19H,4-7,12-15H2,1-3H3. The van der Waals surface area contributed by atoms with E-state index in [4.69, 9.17) is 9.47 Å². The second-order valence-electron chi connectivity index (χ2n) is 5.76. The molecular weight excluding hydrogens is 262 g/mol. The van der Waals surface area contributed by atoms with Crippen LogP contribution in [-0.4, -0.2) is 32.9 Å². The zero-order valence-corrected chi connectivity index (χ0v) is 13.9. The third-order valence-electron chi connectivity index (χ3n) is 3.41. The van der Waals surface area contributed by atoms with Gasteiger partial charge in [0, 0.05) is 13.2 Å². The van der Waals surface area contributed by atoms with Crippen LogP contribution in [0.15, 0.2) is 24.3 Å². The molecule has 0 atom stereocenters. The Labute approximate surface area is 130 Å². The first-order valence-corrected chi connectivity index (χ1v) is 8.16. The van der Waals surface area contributed by atoms with Crippen LogP contribution in [0.3, 0.4) is 0 Å². The molecule has 1 aromatic rings. The third-order valence-corrected chi connectivity index (χ3v) is 3.41. The zero-order valence-electron chi connectivity index (χ0n) is 13.9. The highest BCUT2D eigenvalue weighted by Crippen LogP contribution is 2.13. The smallest absolute Gasteiger partial charge is 0.119 e. The maximum atomic E-state index is 5.76. The van der Waals surface area contributed by atoms with Crippen molar-refractivity contribution in [3.8, 4) is 5.75 Å². The average molecular weight is 293 g/mol. The normalized spacial score (nSPS) is 11.0. The van der Waals surface area contributed by atoms with Crippen LogP contribution in [0.2, 0.25) is 0 Å². The first kappa shape index (κ1) is 18.0. The van der Waals surface area contributed by atoms with Gasteiger partial charge in [-0.2, -0.15) is 0 Å². The van der Waals surface area contributed by atoms with Crippen LogP contribution in [0.5, 0.6) is 5.75 Å². The number of rotatable bonds is 12. The highest BCUT2D eigenvalue weighted by molar-refractivity contribution is 5.27. The van der Waals surface area contributed by atoms with E-state index in [-0.39, 0.29) is 0 Å². The first-order chi connectivity index (χ1) is 10.2. The van der Waals surface area contributed by atoms with E-state index in [2.05, 4.69) is 43.4 Å². The van der Waals surface area contributed by atoms with Gasteiger partial charge < -0.3 is 14.8 Å². The minimum absolute atomic E-state index is 0.597. The van der Waals surface area contributed by atoms with Gasteiger partial charge >= 0.3 is 0 Å². The number of hydrogen-bond donors (Lipinski definition) is 1. The molecule has 0 unspecified atom stereocenters. The van der Waals surface area contributed by atoms with Gasteiger partial charge in [0.05, 0.1) is 13.2 Å². The summed E-state index contributed by atoms with van der Waals surface area (Å²) in [6, 6.07) is 8.94. The summed E-state index contributed by atoms with van der Waals surface area (Å²) in [5.41, 5.74) is 1.29. The summed E-state index contributed by atoms with van der Waals surface area (Å²) in [6.45, 7) is 7.09. The molecule has 0 fully saturated rings. The summed E-state index contributed by atoms with van der Waals surface area (Å²) in [6.07, 6.45) is 5.87. The molecule has 120 valence electrons. The van der Waals surface area contributed by atoms with E-state index in [1.165, 1.54) is 24.8 Å². The van der Waals surface area contributed by atoms with Crippen LogP contribution in [0.1, 0.15) is 45.1 Å². The van der Waals surface area contributed by atoms with Gasteiger partial charge in [0.1, 0.15) is 5.75 Å². The van der Waals surface area contributed by atoms with Crippen molar-refractivity contribution in [1.82, 2.24) is 5.32 Å². The third kappa shape index (κ3) is 9.48. The highest BCUT2D eigenvalue weighted by Gasteiger charge is 1.97. The molecule has 0 bridgehead atoms. The molecule has 0 saturated carbocycles. The second-order valence-corrected chi connectivity index (χ2v) is 5.76. The van der Waals surface area contributed by atoms with E-state index in [0.29, 0.717) is 6.04 Å². The topological polar surface area (TPSA) is 30.5 Å². The molecule has 3 nitrogen and oxygen atoms in total. The van der Waals surface area contributed by atoms with Gasteiger partial charge in [0.25, 0.3) is 0 Å². The fourth-order valence-electron chi connectivity index (χ4n) is 2.13. The van der Waals surface area contributed by atoms with Gasteiger partial charge in [-0.15, -0.1) is 0 Å². The van der Waals surface area contributed by atoms with Gasteiger partial charge in [-0.1, -0.05) is 38.8 Å². The highest BCUT2D eigenvalue weighted by atomic mass is 16.5. The van der Waals surface area contributed by atoms with Crippen LogP contribution >= 0.6 is 0 Å². The Hall–Kier alpha value is -1.06. The van der Waals surface area contributed by atoms with Crippen molar-refractivity contribution < 1.29 is 9.47 Å². The lowest BCUT2D eigenvalue weighted by atomic mass is 10.1. The molecule has 0 spiro atoms. The molecule has 21 heavy (non-hydrogen) atoms. The van der Waals surface area contributed by atoms with Gasteiger partial charge in [0.15, 0.2) is 0 Å². The molecule has 0 aliphatic rings. The Morgan fingerprint density at radius 2 is 1.67 bits per heavy atom. The summed E-state index contributed by atoms with van der Waals surface area (Å²) in [7, 11) is 1.73. The van der Waals surface area contributed by atoms with E-state index >= 15 is 0 Å². The molecule has 0 radical (unpaired) electrons. The fraction of sp³-hybridized carbons (Fsp3) is 0.667. The number of benzene rings is 1. The number of hydrogen-bond acceptors (Lipinski definition) is 3. The van der Waals surface area contributed by atoms with Crippen molar-refractivity contribution >= 4 is 0 Å². The molecule has 0 amide bonds. The minimum Gasteiger partial charge on any atom is -0.494 e. The van der Waals surface area contributed by atoms with E-state index in [0.717, 1.165) is 38.3 Å². The molecule has 0 aromatic heterocycles. The van der Waals surface area contributed by atoms with Gasteiger partial charge in [0.2, 0.25) is 0 Å². The molecule has 1 aromatic carbocycles. The molecule has 3 heteroatoms. The summed E-state index contributed by atoms with van der Waals surface area (Å²) in [5.74, 6) is 0.970. The van der Waals surface area contributed by atoms with Gasteiger partial charge in [-0.3, -0.25) is 0 Å². The fourth-order valence-corrected chi connectivity index (χ4v) is 2.13. The van der Waals surface area contributed by atoms with E-state index < -0.39 is 0 Å². The molecule has 1 rings (SSSR count). The average Bonchev–Trinajstić information content (AvgIpc) is 2.48. The number of unbranched alkanes of at least 4 members (excludes halogenated alkanes) is 3. The quantitative estimate of drug-likeness (QED) is 0.594. The van der Waals surface area contributed by atoms with E-state index in [1.807, 2.05) is 0 Å².